The number of hydrogen-bond donors (Lipinski definition) is 1. The molecule has 2 amide bonds. The van der Waals surface area contributed by atoms with E-state index in [2.05, 4.69) is 5.32 Å². The second-order valence-electron chi connectivity index (χ2n) is 8.82. The van der Waals surface area contributed by atoms with Crippen LogP contribution >= 0.6 is 0 Å². The first-order chi connectivity index (χ1) is 14.8. The number of amides is 2. The van der Waals surface area contributed by atoms with Gasteiger partial charge in [0.15, 0.2) is 0 Å². The first-order valence-electron chi connectivity index (χ1n) is 11.1. The summed E-state index contributed by atoms with van der Waals surface area (Å²) < 4.78 is 33.6. The van der Waals surface area contributed by atoms with Crippen LogP contribution in [0.25, 0.3) is 0 Å². The minimum Gasteiger partial charge on any atom is -0.376 e. The number of carbonyl (C=O) groups is 2. The number of fused-ring (bicyclic) bond motifs is 1. The molecule has 8 nitrogen and oxygen atoms in total. The molecule has 1 aromatic carbocycles. The van der Waals surface area contributed by atoms with Crippen molar-refractivity contribution in [3.63, 3.8) is 0 Å². The van der Waals surface area contributed by atoms with E-state index in [0.717, 1.165) is 30.7 Å². The molecule has 31 heavy (non-hydrogen) atoms. The zero-order valence-electron chi connectivity index (χ0n) is 18.2. The molecule has 0 aromatic heterocycles. The molecule has 0 spiro atoms. The van der Waals surface area contributed by atoms with Crippen LogP contribution in [0, 0.1) is 5.92 Å². The Morgan fingerprint density at radius 2 is 2.03 bits per heavy atom. The molecule has 3 aliphatic heterocycles. The molecular weight excluding hydrogens is 418 g/mol. The Kier molecular flexibility index (Phi) is 6.37. The van der Waals surface area contributed by atoms with Crippen molar-refractivity contribution in [2.24, 2.45) is 5.92 Å². The van der Waals surface area contributed by atoms with Gasteiger partial charge < -0.3 is 15.0 Å². The topological polar surface area (TPSA) is 96.0 Å². The van der Waals surface area contributed by atoms with Crippen molar-refractivity contribution in [1.82, 2.24) is 9.62 Å². The Balaban J connectivity index is 1.45. The molecule has 9 heteroatoms. The minimum absolute atomic E-state index is 0.0114. The molecule has 0 unspecified atom stereocenters. The molecule has 0 aliphatic carbocycles. The van der Waals surface area contributed by atoms with Crippen LogP contribution in [0.1, 0.15) is 45.1 Å². The number of hydrogen-bond acceptors (Lipinski definition) is 5. The molecule has 2 fully saturated rings. The zero-order chi connectivity index (χ0) is 22.2. The van der Waals surface area contributed by atoms with E-state index in [-0.39, 0.29) is 41.3 Å². The van der Waals surface area contributed by atoms with Gasteiger partial charge in [-0.25, -0.2) is 8.42 Å². The Hall–Kier alpha value is -1.97. The molecule has 1 N–H and O–H groups in total. The third-order valence-electron chi connectivity index (χ3n) is 6.53. The van der Waals surface area contributed by atoms with Crippen LogP contribution in [-0.2, 0) is 30.8 Å². The number of nitrogens with zero attached hydrogens (tertiary/aromatic N) is 2. The van der Waals surface area contributed by atoms with Gasteiger partial charge in [-0.05, 0) is 62.8 Å². The number of piperidine rings is 1. The van der Waals surface area contributed by atoms with Crippen LogP contribution in [-0.4, -0.2) is 62.9 Å². The van der Waals surface area contributed by atoms with E-state index in [1.54, 1.807) is 23.1 Å². The predicted molar refractivity (Wildman–Crippen MR) is 116 cm³/mol. The average Bonchev–Trinajstić information content (AvgIpc) is 3.38. The number of ether oxygens (including phenoxy) is 1. The number of anilines is 1. The summed E-state index contributed by atoms with van der Waals surface area (Å²) in [6.45, 7) is 5.29. The lowest BCUT2D eigenvalue weighted by molar-refractivity contribution is -0.126. The summed E-state index contributed by atoms with van der Waals surface area (Å²) >= 11 is 0. The van der Waals surface area contributed by atoms with E-state index in [1.165, 1.54) is 11.2 Å². The van der Waals surface area contributed by atoms with Crippen molar-refractivity contribution in [2.45, 2.75) is 63.0 Å². The number of sulfonamides is 1. The maximum atomic E-state index is 13.3. The third kappa shape index (κ3) is 4.49. The first-order valence-corrected chi connectivity index (χ1v) is 12.5. The summed E-state index contributed by atoms with van der Waals surface area (Å²) in [4.78, 5) is 26.5. The number of benzene rings is 1. The molecule has 0 radical (unpaired) electrons. The maximum Gasteiger partial charge on any atom is 0.243 e. The lowest BCUT2D eigenvalue weighted by atomic mass is 9.99. The van der Waals surface area contributed by atoms with Crippen LogP contribution in [0.4, 0.5) is 5.69 Å². The van der Waals surface area contributed by atoms with Gasteiger partial charge >= 0.3 is 0 Å². The van der Waals surface area contributed by atoms with Gasteiger partial charge in [0.2, 0.25) is 21.8 Å². The van der Waals surface area contributed by atoms with Gasteiger partial charge in [0.05, 0.1) is 16.9 Å². The standard InChI is InChI=1S/C22H31N3O5S/c1-15-11-18-12-20(7-8-21(18)25(15)16(2)26)31(28,29)24-9-3-5-17(14-24)22(27)23-13-19-6-4-10-30-19/h7-8,12,15,17,19H,3-6,9-11,13-14H2,1-2H3,(H,23,27)/t15-,17+,19-/m1/s1. The summed E-state index contributed by atoms with van der Waals surface area (Å²) in [6.07, 6.45) is 3.99. The van der Waals surface area contributed by atoms with E-state index < -0.39 is 10.0 Å². The SMILES string of the molecule is CC(=O)N1c2ccc(S(=O)(=O)N3CCC[C@H](C(=O)NC[C@H]4CCCO4)C3)cc2C[C@H]1C. The van der Waals surface area contributed by atoms with E-state index in [0.29, 0.717) is 32.4 Å². The second-order valence-corrected chi connectivity index (χ2v) is 10.8. The first kappa shape index (κ1) is 22.2. The fraction of sp³-hybridized carbons (Fsp3) is 0.636. The summed E-state index contributed by atoms with van der Waals surface area (Å²) in [5.41, 5.74) is 1.65. The fourth-order valence-electron chi connectivity index (χ4n) is 4.94. The number of rotatable bonds is 5. The Morgan fingerprint density at radius 1 is 1.23 bits per heavy atom. The van der Waals surface area contributed by atoms with Crippen molar-refractivity contribution >= 4 is 27.5 Å². The molecule has 3 aliphatic rings. The van der Waals surface area contributed by atoms with Gasteiger partial charge in [0.25, 0.3) is 0 Å². The van der Waals surface area contributed by atoms with E-state index in [1.807, 2.05) is 6.92 Å². The summed E-state index contributed by atoms with van der Waals surface area (Å²) in [5.74, 6) is -0.502. The molecule has 170 valence electrons. The highest BCUT2D eigenvalue weighted by atomic mass is 32.2. The summed E-state index contributed by atoms with van der Waals surface area (Å²) in [6, 6.07) is 4.99. The number of nitrogens with one attached hydrogen (secondary N) is 1. The lowest BCUT2D eigenvalue weighted by Crippen LogP contribution is -2.46. The largest absolute Gasteiger partial charge is 0.376 e. The molecule has 3 heterocycles. The smallest absolute Gasteiger partial charge is 0.243 e. The Morgan fingerprint density at radius 3 is 2.74 bits per heavy atom. The average molecular weight is 450 g/mol. The van der Waals surface area contributed by atoms with Crippen molar-refractivity contribution in [1.29, 1.82) is 0 Å². The van der Waals surface area contributed by atoms with Gasteiger partial charge in [-0.3, -0.25) is 9.59 Å². The van der Waals surface area contributed by atoms with Crippen molar-refractivity contribution in [3.05, 3.63) is 23.8 Å². The van der Waals surface area contributed by atoms with Crippen molar-refractivity contribution < 1.29 is 22.7 Å². The molecule has 4 rings (SSSR count). The van der Waals surface area contributed by atoms with Gasteiger partial charge in [0.1, 0.15) is 0 Å². The summed E-state index contributed by atoms with van der Waals surface area (Å²) in [7, 11) is -3.71. The fourth-order valence-corrected chi connectivity index (χ4v) is 6.51. The van der Waals surface area contributed by atoms with Gasteiger partial charge in [0, 0.05) is 44.9 Å². The minimum atomic E-state index is -3.71. The van der Waals surface area contributed by atoms with Crippen LogP contribution in [0.5, 0.6) is 0 Å². The van der Waals surface area contributed by atoms with Gasteiger partial charge in [-0.15, -0.1) is 0 Å². The van der Waals surface area contributed by atoms with E-state index in [4.69, 9.17) is 4.74 Å². The van der Waals surface area contributed by atoms with Gasteiger partial charge in [-0.2, -0.15) is 4.31 Å². The van der Waals surface area contributed by atoms with Crippen LogP contribution in [0.2, 0.25) is 0 Å². The zero-order valence-corrected chi connectivity index (χ0v) is 19.0. The molecule has 1 aromatic rings. The third-order valence-corrected chi connectivity index (χ3v) is 8.39. The second kappa shape index (κ2) is 8.88. The number of carbonyl (C=O) groups excluding carboxylic acids is 2. The van der Waals surface area contributed by atoms with Crippen molar-refractivity contribution in [2.75, 3.05) is 31.1 Å². The molecular formula is C22H31N3O5S. The highest BCUT2D eigenvalue weighted by molar-refractivity contribution is 7.89. The van der Waals surface area contributed by atoms with Crippen LogP contribution in [0.15, 0.2) is 23.1 Å². The van der Waals surface area contributed by atoms with E-state index >= 15 is 0 Å². The van der Waals surface area contributed by atoms with E-state index in [9.17, 15) is 18.0 Å². The lowest BCUT2D eigenvalue weighted by Gasteiger charge is -2.31. The quantitative estimate of drug-likeness (QED) is 0.738. The van der Waals surface area contributed by atoms with Crippen molar-refractivity contribution in [3.8, 4) is 0 Å². The molecule has 0 saturated carbocycles. The normalized spacial score (nSPS) is 26.6. The highest BCUT2D eigenvalue weighted by Crippen LogP contribution is 2.35. The van der Waals surface area contributed by atoms with Crippen LogP contribution in [0.3, 0.4) is 0 Å². The van der Waals surface area contributed by atoms with Crippen LogP contribution < -0.4 is 10.2 Å². The van der Waals surface area contributed by atoms with Gasteiger partial charge in [-0.1, -0.05) is 0 Å². The molecule has 0 bridgehead atoms. The predicted octanol–water partition coefficient (Wildman–Crippen LogP) is 1.68. The Bertz CT molecular complexity index is 958. The monoisotopic (exact) mass is 449 g/mol. The maximum absolute atomic E-state index is 13.3. The Labute approximate surface area is 184 Å². The summed E-state index contributed by atoms with van der Waals surface area (Å²) in [5, 5.41) is 2.94. The highest BCUT2D eigenvalue weighted by Gasteiger charge is 2.35. The molecule has 3 atom stereocenters. The molecule has 2 saturated heterocycles.